The van der Waals surface area contributed by atoms with E-state index in [2.05, 4.69) is 15.1 Å². The van der Waals surface area contributed by atoms with E-state index in [1.807, 2.05) is 0 Å². The van der Waals surface area contributed by atoms with Gasteiger partial charge in [-0.3, -0.25) is 10.1 Å². The van der Waals surface area contributed by atoms with E-state index in [0.717, 1.165) is 11.3 Å². The summed E-state index contributed by atoms with van der Waals surface area (Å²) in [6.45, 7) is 0.774. The smallest absolute Gasteiger partial charge is 0.348 e. The molecule has 0 saturated heterocycles. The summed E-state index contributed by atoms with van der Waals surface area (Å²) in [4.78, 5) is 20.2. The molecule has 0 radical (unpaired) electrons. The maximum absolute atomic E-state index is 13.2. The van der Waals surface area contributed by atoms with Crippen molar-refractivity contribution in [1.29, 1.82) is 0 Å². The van der Waals surface area contributed by atoms with Crippen LogP contribution in [0.25, 0.3) is 11.3 Å². The van der Waals surface area contributed by atoms with Crippen molar-refractivity contribution in [3.8, 4) is 11.3 Å². The molecule has 0 spiro atoms. The summed E-state index contributed by atoms with van der Waals surface area (Å²) in [6.07, 6.45) is 1.72. The minimum absolute atomic E-state index is 0.145. The topological polar surface area (TPSA) is 98.2 Å². The maximum Gasteiger partial charge on any atom is 0.348 e. The van der Waals surface area contributed by atoms with E-state index >= 15 is 0 Å². The van der Waals surface area contributed by atoms with E-state index in [9.17, 15) is 14.5 Å². The Morgan fingerprint density at radius 2 is 2.04 bits per heavy atom. The Morgan fingerprint density at radius 1 is 1.27 bits per heavy atom. The van der Waals surface area contributed by atoms with Crippen LogP contribution in [-0.4, -0.2) is 26.6 Å². The molecule has 1 aliphatic heterocycles. The Hall–Kier alpha value is -3.07. The van der Waals surface area contributed by atoms with Gasteiger partial charge < -0.3 is 9.42 Å². The largest absolute Gasteiger partial charge is 0.356 e. The second-order valence-corrected chi connectivity index (χ2v) is 6.07. The summed E-state index contributed by atoms with van der Waals surface area (Å²) in [6, 6.07) is 5.86. The number of fused-ring (bicyclic) bond motifs is 1. The molecule has 0 fully saturated rings. The highest BCUT2D eigenvalue weighted by atomic mass is 35.5. The van der Waals surface area contributed by atoms with Gasteiger partial charge in [0.05, 0.1) is 17.2 Å². The lowest BCUT2D eigenvalue weighted by molar-refractivity contribution is -0.384. The third-order valence-electron chi connectivity index (χ3n) is 4.18. The van der Waals surface area contributed by atoms with Crippen LogP contribution in [0.4, 0.5) is 15.9 Å². The van der Waals surface area contributed by atoms with Crippen LogP contribution in [0.3, 0.4) is 0 Å². The number of rotatable bonds is 3. The molecule has 1 aliphatic rings. The minimum Gasteiger partial charge on any atom is -0.356 e. The third kappa shape index (κ3) is 2.76. The normalized spacial score (nSPS) is 13.5. The molecule has 0 amide bonds. The molecule has 4 rings (SSSR count). The van der Waals surface area contributed by atoms with E-state index in [4.69, 9.17) is 16.1 Å². The summed E-state index contributed by atoms with van der Waals surface area (Å²) in [5.74, 6) is 0.300. The van der Waals surface area contributed by atoms with Crippen molar-refractivity contribution in [2.24, 2.45) is 0 Å². The van der Waals surface area contributed by atoms with Gasteiger partial charge >= 0.3 is 5.69 Å². The Bertz CT molecular complexity index is 992. The summed E-state index contributed by atoms with van der Waals surface area (Å²) in [5, 5.41) is 15.2. The van der Waals surface area contributed by atoms with Gasteiger partial charge in [0.1, 0.15) is 12.1 Å². The zero-order valence-electron chi connectivity index (χ0n) is 13.2. The molecule has 26 heavy (non-hydrogen) atoms. The van der Waals surface area contributed by atoms with Crippen molar-refractivity contribution in [3.63, 3.8) is 0 Å². The first-order valence-corrected chi connectivity index (χ1v) is 8.05. The van der Waals surface area contributed by atoms with Crippen LogP contribution in [0.1, 0.15) is 11.3 Å². The first kappa shape index (κ1) is 16.4. The number of benzene rings is 1. The predicted molar refractivity (Wildman–Crippen MR) is 90.3 cm³/mol. The van der Waals surface area contributed by atoms with Crippen molar-refractivity contribution in [2.75, 3.05) is 11.4 Å². The first-order valence-electron chi connectivity index (χ1n) is 7.68. The number of aromatic nitrogens is 3. The summed E-state index contributed by atoms with van der Waals surface area (Å²) < 4.78 is 18.6. The zero-order valence-corrected chi connectivity index (χ0v) is 14.0. The molecule has 0 saturated carbocycles. The predicted octanol–water partition coefficient (Wildman–Crippen LogP) is 3.40. The molecule has 132 valence electrons. The van der Waals surface area contributed by atoms with Crippen molar-refractivity contribution in [2.45, 2.75) is 13.0 Å². The zero-order chi connectivity index (χ0) is 18.3. The molecule has 2 aromatic heterocycles. The van der Waals surface area contributed by atoms with Gasteiger partial charge in [0.2, 0.25) is 11.0 Å². The fourth-order valence-electron chi connectivity index (χ4n) is 2.96. The average Bonchev–Trinajstić information content (AvgIpc) is 3.05. The van der Waals surface area contributed by atoms with Crippen molar-refractivity contribution >= 4 is 23.1 Å². The van der Waals surface area contributed by atoms with Gasteiger partial charge in [0.15, 0.2) is 5.76 Å². The van der Waals surface area contributed by atoms with E-state index in [1.165, 1.54) is 18.5 Å². The van der Waals surface area contributed by atoms with Crippen LogP contribution in [0.5, 0.6) is 0 Å². The molecule has 0 aliphatic carbocycles. The van der Waals surface area contributed by atoms with Gasteiger partial charge in [-0.15, -0.1) is 0 Å². The van der Waals surface area contributed by atoms with Crippen LogP contribution in [0.15, 0.2) is 35.1 Å². The number of anilines is 1. The van der Waals surface area contributed by atoms with E-state index in [-0.39, 0.29) is 22.5 Å². The molecule has 8 nitrogen and oxygen atoms in total. The highest BCUT2D eigenvalue weighted by Gasteiger charge is 2.31. The van der Waals surface area contributed by atoms with Crippen molar-refractivity contribution < 1.29 is 13.8 Å². The molecule has 0 atom stereocenters. The number of hydrogen-bond acceptors (Lipinski definition) is 7. The Kier molecular flexibility index (Phi) is 4.00. The van der Waals surface area contributed by atoms with Crippen LogP contribution < -0.4 is 4.90 Å². The molecular weight excluding hydrogens is 365 g/mol. The fraction of sp³-hybridized carbons (Fsp3) is 0.188. The van der Waals surface area contributed by atoms with Crippen molar-refractivity contribution in [1.82, 2.24) is 15.1 Å². The van der Waals surface area contributed by atoms with Crippen LogP contribution in [-0.2, 0) is 13.0 Å². The lowest BCUT2D eigenvalue weighted by atomic mass is 10.0. The number of hydrogen-bond donors (Lipinski definition) is 0. The van der Waals surface area contributed by atoms with Crippen LogP contribution >= 0.6 is 11.6 Å². The lowest BCUT2D eigenvalue weighted by Crippen LogP contribution is -2.31. The van der Waals surface area contributed by atoms with Gasteiger partial charge in [-0.1, -0.05) is 16.8 Å². The Morgan fingerprint density at radius 3 is 2.77 bits per heavy atom. The molecule has 3 heterocycles. The molecule has 0 N–H and O–H groups in total. The summed E-state index contributed by atoms with van der Waals surface area (Å²) in [5.41, 5.74) is 1.89. The van der Waals surface area contributed by atoms with Gasteiger partial charge in [-0.2, -0.15) is 0 Å². The van der Waals surface area contributed by atoms with Gasteiger partial charge in [0.25, 0.3) is 0 Å². The van der Waals surface area contributed by atoms with Gasteiger partial charge in [-0.05, 0) is 24.3 Å². The molecule has 10 heteroatoms. The molecule has 1 aromatic carbocycles. The minimum atomic E-state index is -0.596. The molecular formula is C16H11ClFN5O3. The first-order chi connectivity index (χ1) is 12.5. The molecule has 0 unspecified atom stereocenters. The van der Waals surface area contributed by atoms with E-state index < -0.39 is 4.92 Å². The van der Waals surface area contributed by atoms with Crippen LogP contribution in [0, 0.1) is 15.9 Å². The highest BCUT2D eigenvalue weighted by Crippen LogP contribution is 2.36. The van der Waals surface area contributed by atoms with Gasteiger partial charge in [0, 0.05) is 24.1 Å². The fourth-order valence-corrected chi connectivity index (χ4v) is 3.16. The molecule has 3 aromatic rings. The maximum atomic E-state index is 13.2. The Balaban J connectivity index is 1.73. The van der Waals surface area contributed by atoms with Crippen molar-refractivity contribution in [3.05, 3.63) is 62.9 Å². The summed E-state index contributed by atoms with van der Waals surface area (Å²) in [7, 11) is 0. The van der Waals surface area contributed by atoms with E-state index in [1.54, 1.807) is 17.0 Å². The summed E-state index contributed by atoms with van der Waals surface area (Å²) >= 11 is 5.88. The third-order valence-corrected chi connectivity index (χ3v) is 4.46. The molecule has 0 bridgehead atoms. The average molecular weight is 376 g/mol. The number of nitro groups is 1. The Labute approximate surface area is 151 Å². The highest BCUT2D eigenvalue weighted by molar-refractivity contribution is 6.31. The monoisotopic (exact) mass is 375 g/mol. The second-order valence-electron chi connectivity index (χ2n) is 5.71. The standard InChI is InChI=1S/C16H11ClFN5O3/c17-15-13(23(24)25)16(20-8-19-15)22-6-5-12-11(7-22)14(26-21-12)9-1-3-10(18)4-2-9/h1-4,8H,5-7H2. The number of halogens is 2. The number of nitrogens with zero attached hydrogens (tertiary/aromatic N) is 5. The SMILES string of the molecule is O=[N+]([O-])c1c(Cl)ncnc1N1CCc2noc(-c3ccc(F)cc3)c2C1. The van der Waals surface area contributed by atoms with Gasteiger partial charge in [-0.25, -0.2) is 14.4 Å². The second kappa shape index (κ2) is 6.34. The van der Waals surface area contributed by atoms with Crippen LogP contribution in [0.2, 0.25) is 5.15 Å². The quantitative estimate of drug-likeness (QED) is 0.393. The van der Waals surface area contributed by atoms with E-state index in [0.29, 0.717) is 30.8 Å². The lowest BCUT2D eigenvalue weighted by Gasteiger charge is -2.26.